The molecule has 0 aliphatic carbocycles. The van der Waals surface area contributed by atoms with Crippen molar-refractivity contribution in [3.63, 3.8) is 0 Å². The Balaban J connectivity index is 2.35. The second kappa shape index (κ2) is 5.02. The lowest BCUT2D eigenvalue weighted by atomic mass is 10.1. The smallest absolute Gasteiger partial charge is 0.150 e. The van der Waals surface area contributed by atoms with Crippen LogP contribution in [0.4, 0.5) is 14.5 Å². The fraction of sp³-hybridized carbons (Fsp3) is 0.462. The molecule has 0 aromatic heterocycles. The standard InChI is InChI=1S/C13H15F2NO2/c1-8-12(3-4-18-8)16(2)13-10(14)5-9(7-17)6-11(13)15/h5-8,12H,3-4H2,1-2H3. The van der Waals surface area contributed by atoms with Crippen molar-refractivity contribution in [1.82, 2.24) is 0 Å². The summed E-state index contributed by atoms with van der Waals surface area (Å²) in [5.41, 5.74) is -0.110. The molecule has 2 unspecified atom stereocenters. The summed E-state index contributed by atoms with van der Waals surface area (Å²) in [6.07, 6.45) is 1.09. The molecule has 2 atom stereocenters. The highest BCUT2D eigenvalue weighted by Crippen LogP contribution is 2.29. The predicted octanol–water partition coefficient (Wildman–Crippen LogP) is 2.39. The van der Waals surface area contributed by atoms with E-state index in [4.69, 9.17) is 4.74 Å². The molecule has 1 aromatic carbocycles. The van der Waals surface area contributed by atoms with Crippen LogP contribution in [0.1, 0.15) is 23.7 Å². The van der Waals surface area contributed by atoms with Gasteiger partial charge in [0.2, 0.25) is 0 Å². The van der Waals surface area contributed by atoms with Gasteiger partial charge >= 0.3 is 0 Å². The molecule has 0 saturated carbocycles. The van der Waals surface area contributed by atoms with Gasteiger partial charge in [-0.3, -0.25) is 4.79 Å². The largest absolute Gasteiger partial charge is 0.376 e. The quantitative estimate of drug-likeness (QED) is 0.777. The summed E-state index contributed by atoms with van der Waals surface area (Å²) < 4.78 is 33.1. The minimum Gasteiger partial charge on any atom is -0.376 e. The maximum absolute atomic E-state index is 13.8. The van der Waals surface area contributed by atoms with Crippen molar-refractivity contribution >= 4 is 12.0 Å². The molecule has 1 fully saturated rings. The number of rotatable bonds is 3. The van der Waals surface area contributed by atoms with Gasteiger partial charge in [-0.05, 0) is 25.5 Å². The van der Waals surface area contributed by atoms with Gasteiger partial charge in [-0.2, -0.15) is 0 Å². The summed E-state index contributed by atoms with van der Waals surface area (Å²) in [5, 5.41) is 0. The lowest BCUT2D eigenvalue weighted by Crippen LogP contribution is -2.37. The number of halogens is 2. The first-order chi connectivity index (χ1) is 8.54. The fourth-order valence-electron chi connectivity index (χ4n) is 2.38. The normalized spacial score (nSPS) is 23.1. The molecule has 0 N–H and O–H groups in total. The first-order valence-electron chi connectivity index (χ1n) is 5.83. The minimum absolute atomic E-state index is 0.00197. The number of hydrogen-bond donors (Lipinski definition) is 0. The van der Waals surface area contributed by atoms with Crippen LogP contribution in [0.2, 0.25) is 0 Å². The first kappa shape index (κ1) is 13.0. The molecule has 1 aliphatic heterocycles. The van der Waals surface area contributed by atoms with Crippen LogP contribution in [0.5, 0.6) is 0 Å². The molecule has 0 spiro atoms. The summed E-state index contributed by atoms with van der Waals surface area (Å²) in [6.45, 7) is 2.47. The van der Waals surface area contributed by atoms with Crippen LogP contribution in [-0.4, -0.2) is 32.1 Å². The molecule has 0 bridgehead atoms. The van der Waals surface area contributed by atoms with E-state index in [1.54, 1.807) is 11.9 Å². The van der Waals surface area contributed by atoms with E-state index in [-0.39, 0.29) is 23.4 Å². The van der Waals surface area contributed by atoms with Crippen LogP contribution in [0.15, 0.2) is 12.1 Å². The van der Waals surface area contributed by atoms with Crippen molar-refractivity contribution in [1.29, 1.82) is 0 Å². The van der Waals surface area contributed by atoms with Gasteiger partial charge in [-0.1, -0.05) is 0 Å². The van der Waals surface area contributed by atoms with Gasteiger partial charge < -0.3 is 9.64 Å². The Kier molecular flexibility index (Phi) is 3.61. The Bertz CT molecular complexity index is 441. The van der Waals surface area contributed by atoms with Crippen LogP contribution in [0, 0.1) is 11.6 Å². The average Bonchev–Trinajstić information content (AvgIpc) is 2.74. The lowest BCUT2D eigenvalue weighted by Gasteiger charge is -2.29. The Morgan fingerprint density at radius 1 is 1.39 bits per heavy atom. The minimum atomic E-state index is -0.723. The second-order valence-corrected chi connectivity index (χ2v) is 4.49. The second-order valence-electron chi connectivity index (χ2n) is 4.49. The summed E-state index contributed by atoms with van der Waals surface area (Å²) in [5.74, 6) is -1.45. The van der Waals surface area contributed by atoms with Gasteiger partial charge in [0, 0.05) is 19.2 Å². The monoisotopic (exact) mass is 255 g/mol. The molecule has 98 valence electrons. The predicted molar refractivity (Wildman–Crippen MR) is 64.0 cm³/mol. The third kappa shape index (κ3) is 2.22. The SMILES string of the molecule is CC1OCCC1N(C)c1c(F)cc(C=O)cc1F. The Hall–Kier alpha value is -1.49. The molecule has 0 radical (unpaired) electrons. The summed E-state index contributed by atoms with van der Waals surface area (Å²) in [7, 11) is 1.64. The Labute approximate surface area is 104 Å². The zero-order chi connectivity index (χ0) is 13.3. The van der Waals surface area contributed by atoms with Crippen LogP contribution < -0.4 is 4.90 Å². The highest BCUT2D eigenvalue weighted by atomic mass is 19.1. The highest BCUT2D eigenvalue weighted by molar-refractivity contribution is 5.76. The Morgan fingerprint density at radius 2 is 2.00 bits per heavy atom. The van der Waals surface area contributed by atoms with Crippen LogP contribution in [0.25, 0.3) is 0 Å². The highest BCUT2D eigenvalue weighted by Gasteiger charge is 2.30. The average molecular weight is 255 g/mol. The number of aldehydes is 1. The fourth-order valence-corrected chi connectivity index (χ4v) is 2.38. The van der Waals surface area contributed by atoms with Crippen molar-refractivity contribution in [3.05, 3.63) is 29.3 Å². The number of carbonyl (C=O) groups excluding carboxylic acids is 1. The molecule has 1 aliphatic rings. The number of carbonyl (C=O) groups is 1. The molecule has 5 heteroatoms. The van der Waals surface area contributed by atoms with Crippen molar-refractivity contribution in [2.45, 2.75) is 25.5 Å². The van der Waals surface area contributed by atoms with Crippen LogP contribution in [-0.2, 0) is 4.74 Å². The van der Waals surface area contributed by atoms with Gasteiger partial charge in [0.15, 0.2) is 0 Å². The van der Waals surface area contributed by atoms with E-state index in [0.717, 1.165) is 18.6 Å². The number of likely N-dealkylation sites (N-methyl/N-ethyl adjacent to an activating group) is 1. The van der Waals surface area contributed by atoms with Gasteiger partial charge in [0.05, 0.1) is 12.1 Å². The van der Waals surface area contributed by atoms with Crippen molar-refractivity contribution in [2.24, 2.45) is 0 Å². The van der Waals surface area contributed by atoms with E-state index in [9.17, 15) is 13.6 Å². The first-order valence-corrected chi connectivity index (χ1v) is 5.83. The number of hydrogen-bond acceptors (Lipinski definition) is 3. The lowest BCUT2D eigenvalue weighted by molar-refractivity contribution is 0.112. The van der Waals surface area contributed by atoms with E-state index >= 15 is 0 Å². The number of nitrogens with zero attached hydrogens (tertiary/aromatic N) is 1. The zero-order valence-electron chi connectivity index (χ0n) is 10.3. The summed E-state index contributed by atoms with van der Waals surface area (Å²) in [6, 6.07) is 2.03. The van der Waals surface area contributed by atoms with E-state index in [2.05, 4.69) is 0 Å². The molecule has 1 aromatic rings. The van der Waals surface area contributed by atoms with Crippen LogP contribution in [0.3, 0.4) is 0 Å². The van der Waals surface area contributed by atoms with E-state index in [1.165, 1.54) is 0 Å². The van der Waals surface area contributed by atoms with Crippen LogP contribution >= 0.6 is 0 Å². The molecule has 0 amide bonds. The molecule has 3 nitrogen and oxygen atoms in total. The van der Waals surface area contributed by atoms with E-state index in [1.807, 2.05) is 6.92 Å². The molecular weight excluding hydrogens is 240 g/mol. The zero-order valence-corrected chi connectivity index (χ0v) is 10.3. The van der Waals surface area contributed by atoms with Crippen molar-refractivity contribution in [2.75, 3.05) is 18.6 Å². The van der Waals surface area contributed by atoms with Crippen molar-refractivity contribution < 1.29 is 18.3 Å². The maximum Gasteiger partial charge on any atom is 0.150 e. The topological polar surface area (TPSA) is 29.5 Å². The van der Waals surface area contributed by atoms with Gasteiger partial charge in [-0.25, -0.2) is 8.78 Å². The Morgan fingerprint density at radius 3 is 2.44 bits per heavy atom. The number of anilines is 1. The third-order valence-corrected chi connectivity index (χ3v) is 3.36. The number of benzene rings is 1. The molecule has 2 rings (SSSR count). The molecule has 1 saturated heterocycles. The van der Waals surface area contributed by atoms with E-state index in [0.29, 0.717) is 12.9 Å². The van der Waals surface area contributed by atoms with E-state index < -0.39 is 11.6 Å². The van der Waals surface area contributed by atoms with Crippen molar-refractivity contribution in [3.8, 4) is 0 Å². The molecule has 1 heterocycles. The maximum atomic E-state index is 13.8. The summed E-state index contributed by atoms with van der Waals surface area (Å²) >= 11 is 0. The number of ether oxygens (including phenoxy) is 1. The van der Waals surface area contributed by atoms with Gasteiger partial charge in [0.25, 0.3) is 0 Å². The van der Waals surface area contributed by atoms with Gasteiger partial charge in [-0.15, -0.1) is 0 Å². The molecular formula is C13H15F2NO2. The molecule has 18 heavy (non-hydrogen) atoms. The third-order valence-electron chi connectivity index (χ3n) is 3.36. The summed E-state index contributed by atoms with van der Waals surface area (Å²) in [4.78, 5) is 12.1. The van der Waals surface area contributed by atoms with Gasteiger partial charge in [0.1, 0.15) is 23.6 Å².